The maximum atomic E-state index is 13.4. The van der Waals surface area contributed by atoms with Crippen LogP contribution in [0, 0.1) is 11.6 Å². The summed E-state index contributed by atoms with van der Waals surface area (Å²) in [5.41, 5.74) is 0. The van der Waals surface area contributed by atoms with Gasteiger partial charge in [-0.15, -0.1) is 4.98 Å². The first kappa shape index (κ1) is 12.9. The Morgan fingerprint density at radius 1 is 1.11 bits per heavy atom. The van der Waals surface area contributed by atoms with E-state index in [2.05, 4.69) is 20.3 Å². The Morgan fingerprint density at radius 2 is 1.84 bits per heavy atom. The molecule has 0 aliphatic rings. The average molecular weight is 268 g/mol. The molecule has 0 aliphatic carbocycles. The number of nitrogens with zero attached hydrogens (tertiary/aromatic N) is 3. The molecule has 1 N–H and O–H groups in total. The number of aromatic nitrogens is 3. The third kappa shape index (κ3) is 3.03. The molecule has 2 aromatic rings. The second-order valence-corrected chi connectivity index (χ2v) is 3.36. The number of nitrogens with one attached hydrogen (secondary N) is 1. The van der Waals surface area contributed by atoms with Gasteiger partial charge in [0.1, 0.15) is 5.82 Å². The highest BCUT2D eigenvalue weighted by atomic mass is 19.1. The van der Waals surface area contributed by atoms with Crippen LogP contribution in [0.2, 0.25) is 0 Å². The molecule has 0 unspecified atom stereocenters. The van der Waals surface area contributed by atoms with E-state index in [9.17, 15) is 8.78 Å². The van der Waals surface area contributed by atoms with E-state index in [0.717, 1.165) is 12.1 Å². The number of ether oxygens (including phenoxy) is 2. The van der Waals surface area contributed by atoms with Crippen molar-refractivity contribution in [3.8, 4) is 17.8 Å². The SMILES string of the molecule is CNc1nc(OC)nc(Oc2ccc(F)cc2F)n1. The van der Waals surface area contributed by atoms with Crippen molar-refractivity contribution in [3.05, 3.63) is 29.8 Å². The maximum absolute atomic E-state index is 13.4. The van der Waals surface area contributed by atoms with Crippen LogP contribution in [0.1, 0.15) is 0 Å². The van der Waals surface area contributed by atoms with E-state index >= 15 is 0 Å². The molecule has 0 saturated heterocycles. The number of methoxy groups -OCH3 is 1. The third-order valence-corrected chi connectivity index (χ3v) is 2.10. The number of halogens is 2. The third-order valence-electron chi connectivity index (χ3n) is 2.10. The van der Waals surface area contributed by atoms with Gasteiger partial charge in [0.25, 0.3) is 0 Å². The van der Waals surface area contributed by atoms with Crippen LogP contribution in [-0.2, 0) is 0 Å². The normalized spacial score (nSPS) is 10.1. The van der Waals surface area contributed by atoms with Gasteiger partial charge in [0.05, 0.1) is 7.11 Å². The summed E-state index contributed by atoms with van der Waals surface area (Å²) in [4.78, 5) is 11.5. The molecule has 0 bridgehead atoms. The van der Waals surface area contributed by atoms with Crippen molar-refractivity contribution in [2.45, 2.75) is 0 Å². The maximum Gasteiger partial charge on any atom is 0.330 e. The van der Waals surface area contributed by atoms with Gasteiger partial charge in [-0.3, -0.25) is 0 Å². The van der Waals surface area contributed by atoms with Crippen molar-refractivity contribution in [1.29, 1.82) is 0 Å². The lowest BCUT2D eigenvalue weighted by atomic mass is 10.3. The van der Waals surface area contributed by atoms with E-state index in [-0.39, 0.29) is 23.7 Å². The minimum atomic E-state index is -0.856. The predicted octanol–water partition coefficient (Wildman–Crippen LogP) is 1.99. The molecule has 19 heavy (non-hydrogen) atoms. The molecule has 0 saturated carbocycles. The zero-order chi connectivity index (χ0) is 13.8. The first-order chi connectivity index (χ1) is 9.12. The van der Waals surface area contributed by atoms with E-state index in [1.807, 2.05) is 0 Å². The Kier molecular flexibility index (Phi) is 3.69. The highest BCUT2D eigenvalue weighted by Gasteiger charge is 2.11. The Labute approximate surface area is 107 Å². The van der Waals surface area contributed by atoms with Gasteiger partial charge in [0.15, 0.2) is 11.6 Å². The van der Waals surface area contributed by atoms with Crippen molar-refractivity contribution < 1.29 is 18.3 Å². The van der Waals surface area contributed by atoms with Crippen molar-refractivity contribution >= 4 is 5.95 Å². The quantitative estimate of drug-likeness (QED) is 0.914. The van der Waals surface area contributed by atoms with Crippen LogP contribution >= 0.6 is 0 Å². The monoisotopic (exact) mass is 268 g/mol. The lowest BCUT2D eigenvalue weighted by Crippen LogP contribution is -2.03. The van der Waals surface area contributed by atoms with E-state index in [1.165, 1.54) is 7.11 Å². The van der Waals surface area contributed by atoms with Crippen LogP contribution in [0.3, 0.4) is 0 Å². The summed E-state index contributed by atoms with van der Waals surface area (Å²) in [6.45, 7) is 0. The summed E-state index contributed by atoms with van der Waals surface area (Å²) in [7, 11) is 2.97. The Hall–Kier alpha value is -2.51. The number of anilines is 1. The van der Waals surface area contributed by atoms with Crippen LogP contribution in [0.15, 0.2) is 18.2 Å². The molecule has 1 aromatic carbocycles. The van der Waals surface area contributed by atoms with E-state index in [4.69, 9.17) is 9.47 Å². The van der Waals surface area contributed by atoms with Gasteiger partial charge in [-0.2, -0.15) is 9.97 Å². The first-order valence-electron chi connectivity index (χ1n) is 5.23. The van der Waals surface area contributed by atoms with Gasteiger partial charge in [0, 0.05) is 13.1 Å². The fraction of sp³-hybridized carbons (Fsp3) is 0.182. The van der Waals surface area contributed by atoms with Crippen molar-refractivity contribution in [1.82, 2.24) is 15.0 Å². The van der Waals surface area contributed by atoms with Gasteiger partial charge in [-0.25, -0.2) is 8.78 Å². The molecule has 0 fully saturated rings. The second-order valence-electron chi connectivity index (χ2n) is 3.36. The lowest BCUT2D eigenvalue weighted by molar-refractivity contribution is 0.354. The minimum absolute atomic E-state index is 0.0110. The van der Waals surface area contributed by atoms with Crippen molar-refractivity contribution in [3.63, 3.8) is 0 Å². The zero-order valence-electron chi connectivity index (χ0n) is 10.1. The number of rotatable bonds is 4. The largest absolute Gasteiger partial charge is 0.467 e. The van der Waals surface area contributed by atoms with Gasteiger partial charge in [-0.1, -0.05) is 0 Å². The molecule has 6 nitrogen and oxygen atoms in total. The fourth-order valence-electron chi connectivity index (χ4n) is 1.24. The topological polar surface area (TPSA) is 69.2 Å². The first-order valence-corrected chi connectivity index (χ1v) is 5.23. The Balaban J connectivity index is 2.31. The Morgan fingerprint density at radius 3 is 2.47 bits per heavy atom. The summed E-state index contributed by atoms with van der Waals surface area (Å²) in [6.07, 6.45) is 0. The minimum Gasteiger partial charge on any atom is -0.467 e. The van der Waals surface area contributed by atoms with Gasteiger partial charge in [0.2, 0.25) is 5.95 Å². The fourth-order valence-corrected chi connectivity index (χ4v) is 1.24. The van der Waals surface area contributed by atoms with Gasteiger partial charge < -0.3 is 14.8 Å². The molecule has 100 valence electrons. The number of benzene rings is 1. The van der Waals surface area contributed by atoms with Crippen LogP contribution in [0.25, 0.3) is 0 Å². The highest BCUT2D eigenvalue weighted by molar-refractivity contribution is 5.30. The highest BCUT2D eigenvalue weighted by Crippen LogP contribution is 2.23. The predicted molar refractivity (Wildman–Crippen MR) is 62.4 cm³/mol. The molecule has 8 heteroatoms. The number of hydrogen-bond donors (Lipinski definition) is 1. The summed E-state index contributed by atoms with van der Waals surface area (Å²) in [5, 5.41) is 2.68. The van der Waals surface area contributed by atoms with Crippen LogP contribution in [0.4, 0.5) is 14.7 Å². The van der Waals surface area contributed by atoms with Crippen LogP contribution < -0.4 is 14.8 Å². The second kappa shape index (κ2) is 5.42. The van der Waals surface area contributed by atoms with E-state index < -0.39 is 11.6 Å². The molecule has 0 aliphatic heterocycles. The molecular weight excluding hydrogens is 258 g/mol. The summed E-state index contributed by atoms with van der Waals surface area (Å²) >= 11 is 0. The molecule has 0 radical (unpaired) electrons. The lowest BCUT2D eigenvalue weighted by Gasteiger charge is -2.07. The molecule has 0 atom stereocenters. The van der Waals surface area contributed by atoms with Crippen LogP contribution in [0.5, 0.6) is 17.8 Å². The zero-order valence-corrected chi connectivity index (χ0v) is 10.1. The molecule has 0 spiro atoms. The summed E-state index contributed by atoms with van der Waals surface area (Å²) in [6, 6.07) is 2.75. The van der Waals surface area contributed by atoms with Crippen molar-refractivity contribution in [2.75, 3.05) is 19.5 Å². The summed E-state index contributed by atoms with van der Waals surface area (Å²) in [5.74, 6) is -1.56. The average Bonchev–Trinajstić information content (AvgIpc) is 2.41. The van der Waals surface area contributed by atoms with E-state index in [0.29, 0.717) is 6.07 Å². The standard InChI is InChI=1S/C11H10F2N4O2/c1-14-9-15-10(18-2)17-11(16-9)19-8-4-3-6(12)5-7(8)13/h3-5H,1-2H3,(H,14,15,16,17). The summed E-state index contributed by atoms with van der Waals surface area (Å²) < 4.78 is 36.1. The number of hydrogen-bond acceptors (Lipinski definition) is 6. The molecule has 1 heterocycles. The van der Waals surface area contributed by atoms with Gasteiger partial charge >= 0.3 is 12.0 Å². The molecule has 1 aromatic heterocycles. The Bertz CT molecular complexity index is 573. The van der Waals surface area contributed by atoms with Crippen LogP contribution in [-0.4, -0.2) is 29.1 Å². The smallest absolute Gasteiger partial charge is 0.330 e. The van der Waals surface area contributed by atoms with Gasteiger partial charge in [-0.05, 0) is 12.1 Å². The van der Waals surface area contributed by atoms with E-state index in [1.54, 1.807) is 7.05 Å². The molecular formula is C11H10F2N4O2. The molecule has 0 amide bonds. The molecule has 2 rings (SSSR count). The van der Waals surface area contributed by atoms with Crippen molar-refractivity contribution in [2.24, 2.45) is 0 Å².